The van der Waals surface area contributed by atoms with E-state index in [1.54, 1.807) is 0 Å². The Morgan fingerprint density at radius 2 is 1.89 bits per heavy atom. The maximum absolute atomic E-state index is 4.04. The van der Waals surface area contributed by atoms with Crippen LogP contribution in [0.3, 0.4) is 0 Å². The molecule has 18 heavy (non-hydrogen) atoms. The number of hydrogen-bond acceptors (Lipinski definition) is 3. The van der Waals surface area contributed by atoms with Gasteiger partial charge in [0.05, 0.1) is 0 Å². The third-order valence-corrected chi connectivity index (χ3v) is 2.97. The van der Waals surface area contributed by atoms with Crippen LogP contribution in [-0.4, -0.2) is 36.1 Å². The molecule has 0 aliphatic heterocycles. The van der Waals surface area contributed by atoms with Crippen LogP contribution in [0.4, 0.5) is 0 Å². The molecule has 1 N–H and O–H groups in total. The summed E-state index contributed by atoms with van der Waals surface area (Å²) < 4.78 is 0. The number of nitrogens with zero attached hydrogens (tertiary/aromatic N) is 2. The van der Waals surface area contributed by atoms with Crippen LogP contribution in [-0.2, 0) is 6.54 Å². The molecule has 0 saturated heterocycles. The van der Waals surface area contributed by atoms with Gasteiger partial charge < -0.3 is 10.2 Å². The van der Waals surface area contributed by atoms with Crippen LogP contribution in [0.5, 0.6) is 0 Å². The van der Waals surface area contributed by atoms with E-state index in [4.69, 9.17) is 0 Å². The van der Waals surface area contributed by atoms with Crippen LogP contribution in [0.2, 0.25) is 0 Å². The summed E-state index contributed by atoms with van der Waals surface area (Å²) in [5.41, 5.74) is 1.34. The van der Waals surface area contributed by atoms with Crippen LogP contribution in [0.25, 0.3) is 0 Å². The molecular weight excluding hydrogens is 222 g/mol. The minimum atomic E-state index is 0.611. The van der Waals surface area contributed by atoms with Crippen molar-refractivity contribution in [2.24, 2.45) is 0 Å². The molecule has 0 spiro atoms. The zero-order chi connectivity index (χ0) is 13.2. The first kappa shape index (κ1) is 15.1. The summed E-state index contributed by atoms with van der Waals surface area (Å²) in [4.78, 5) is 6.42. The number of unbranched alkanes of at least 4 members (excludes halogenated alkanes) is 2. The monoisotopic (exact) mass is 249 g/mol. The highest BCUT2D eigenvalue weighted by molar-refractivity contribution is 5.09. The van der Waals surface area contributed by atoms with Gasteiger partial charge in [-0.25, -0.2) is 0 Å². The molecule has 1 aromatic heterocycles. The molecule has 0 saturated carbocycles. The molecule has 3 nitrogen and oxygen atoms in total. The second-order valence-electron chi connectivity index (χ2n) is 5.26. The fraction of sp³-hybridized carbons (Fsp3) is 0.667. The summed E-state index contributed by atoms with van der Waals surface area (Å²) in [6, 6.07) is 4.78. The van der Waals surface area contributed by atoms with Crippen LogP contribution >= 0.6 is 0 Å². The minimum absolute atomic E-state index is 0.611. The molecule has 0 aliphatic carbocycles. The van der Waals surface area contributed by atoms with Gasteiger partial charge in [-0.15, -0.1) is 0 Å². The van der Waals surface area contributed by atoms with Gasteiger partial charge in [0.25, 0.3) is 0 Å². The summed E-state index contributed by atoms with van der Waals surface area (Å²) in [7, 11) is 2.19. The zero-order valence-corrected chi connectivity index (χ0v) is 12.0. The number of nitrogens with one attached hydrogen (secondary N) is 1. The van der Waals surface area contributed by atoms with Gasteiger partial charge in [-0.1, -0.05) is 20.3 Å². The second kappa shape index (κ2) is 9.06. The first-order valence-corrected chi connectivity index (χ1v) is 6.99. The zero-order valence-electron chi connectivity index (χ0n) is 12.0. The molecule has 0 aromatic carbocycles. The molecule has 3 heteroatoms. The van der Waals surface area contributed by atoms with E-state index in [0.717, 1.165) is 13.1 Å². The summed E-state index contributed by atoms with van der Waals surface area (Å²) >= 11 is 0. The molecule has 0 aliphatic rings. The quantitative estimate of drug-likeness (QED) is 0.682. The van der Waals surface area contributed by atoms with Crippen molar-refractivity contribution in [3.8, 4) is 0 Å². The predicted molar refractivity (Wildman–Crippen MR) is 77.6 cm³/mol. The molecule has 0 atom stereocenters. The Morgan fingerprint density at radius 3 is 2.56 bits per heavy atom. The minimum Gasteiger partial charge on any atom is -0.315 e. The van der Waals surface area contributed by atoms with Gasteiger partial charge in [-0.05, 0) is 50.7 Å². The van der Waals surface area contributed by atoms with Gasteiger partial charge >= 0.3 is 0 Å². The van der Waals surface area contributed by atoms with E-state index >= 15 is 0 Å². The van der Waals surface area contributed by atoms with Crippen molar-refractivity contribution in [3.05, 3.63) is 30.1 Å². The van der Waals surface area contributed by atoms with Crippen molar-refractivity contribution >= 4 is 0 Å². The van der Waals surface area contributed by atoms with E-state index in [1.165, 1.54) is 31.4 Å². The fourth-order valence-electron chi connectivity index (χ4n) is 1.95. The third kappa shape index (κ3) is 7.41. The van der Waals surface area contributed by atoms with E-state index in [0.29, 0.717) is 6.04 Å². The van der Waals surface area contributed by atoms with Crippen LogP contribution in [0, 0.1) is 0 Å². The van der Waals surface area contributed by atoms with Gasteiger partial charge in [-0.3, -0.25) is 4.98 Å². The second-order valence-corrected chi connectivity index (χ2v) is 5.26. The Morgan fingerprint density at radius 1 is 1.17 bits per heavy atom. The van der Waals surface area contributed by atoms with Crippen molar-refractivity contribution in [1.29, 1.82) is 0 Å². The number of rotatable bonds is 9. The molecule has 0 fully saturated rings. The third-order valence-electron chi connectivity index (χ3n) is 2.97. The smallest absolute Gasteiger partial charge is 0.0271 e. The van der Waals surface area contributed by atoms with Gasteiger partial charge in [0.15, 0.2) is 0 Å². The van der Waals surface area contributed by atoms with E-state index in [9.17, 15) is 0 Å². The molecular formula is C15H27N3. The van der Waals surface area contributed by atoms with Gasteiger partial charge in [0.2, 0.25) is 0 Å². The molecule has 0 bridgehead atoms. The maximum atomic E-state index is 4.04. The lowest BCUT2D eigenvalue weighted by Crippen LogP contribution is -2.24. The standard InChI is InChI=1S/C15H27N3/c1-14(2)17-9-5-4-6-12-18(3)13-15-7-10-16-11-8-15/h7-8,10-11,14,17H,4-6,9,12-13H2,1-3H3. The van der Waals surface area contributed by atoms with Crippen LogP contribution < -0.4 is 5.32 Å². The average Bonchev–Trinajstić information content (AvgIpc) is 2.34. The SMILES string of the molecule is CC(C)NCCCCCN(C)Cc1ccncc1. The lowest BCUT2D eigenvalue weighted by molar-refractivity contribution is 0.316. The molecule has 1 aromatic rings. The Bertz CT molecular complexity index is 298. The normalized spacial score (nSPS) is 11.4. The molecule has 0 amide bonds. The predicted octanol–water partition coefficient (Wildman–Crippen LogP) is 2.68. The molecule has 102 valence electrons. The lowest BCUT2D eigenvalue weighted by Gasteiger charge is -2.16. The van der Waals surface area contributed by atoms with E-state index in [1.807, 2.05) is 12.4 Å². The Balaban J connectivity index is 2.02. The number of pyridine rings is 1. The number of hydrogen-bond donors (Lipinski definition) is 1. The average molecular weight is 249 g/mol. The topological polar surface area (TPSA) is 28.2 Å². The van der Waals surface area contributed by atoms with Crippen LogP contribution in [0.1, 0.15) is 38.7 Å². The summed E-state index contributed by atoms with van der Waals surface area (Å²) in [5, 5.41) is 3.45. The largest absolute Gasteiger partial charge is 0.315 e. The fourth-order valence-corrected chi connectivity index (χ4v) is 1.95. The first-order chi connectivity index (χ1) is 8.68. The van der Waals surface area contributed by atoms with Crippen molar-refractivity contribution in [2.45, 2.75) is 45.7 Å². The van der Waals surface area contributed by atoms with Crippen molar-refractivity contribution in [3.63, 3.8) is 0 Å². The van der Waals surface area contributed by atoms with Gasteiger partial charge in [0.1, 0.15) is 0 Å². The molecule has 1 heterocycles. The number of aromatic nitrogens is 1. The molecule has 0 unspecified atom stereocenters. The Hall–Kier alpha value is -0.930. The van der Waals surface area contributed by atoms with Crippen molar-refractivity contribution in [2.75, 3.05) is 20.1 Å². The highest BCUT2D eigenvalue weighted by atomic mass is 15.1. The molecule has 1 rings (SSSR count). The van der Waals surface area contributed by atoms with Crippen molar-refractivity contribution < 1.29 is 0 Å². The maximum Gasteiger partial charge on any atom is 0.0271 e. The Kier molecular flexibility index (Phi) is 7.62. The Labute approximate surface area is 112 Å². The summed E-state index contributed by atoms with van der Waals surface area (Å²) in [6.07, 6.45) is 7.59. The highest BCUT2D eigenvalue weighted by Crippen LogP contribution is 2.03. The van der Waals surface area contributed by atoms with E-state index in [2.05, 4.69) is 48.2 Å². The van der Waals surface area contributed by atoms with Gasteiger partial charge in [0, 0.05) is 25.0 Å². The van der Waals surface area contributed by atoms with E-state index in [-0.39, 0.29) is 0 Å². The highest BCUT2D eigenvalue weighted by Gasteiger charge is 2.00. The molecule has 0 radical (unpaired) electrons. The van der Waals surface area contributed by atoms with Gasteiger partial charge in [-0.2, -0.15) is 0 Å². The summed E-state index contributed by atoms with van der Waals surface area (Å²) in [6.45, 7) is 7.73. The first-order valence-electron chi connectivity index (χ1n) is 6.99. The van der Waals surface area contributed by atoms with Crippen molar-refractivity contribution in [1.82, 2.24) is 15.2 Å². The van der Waals surface area contributed by atoms with E-state index < -0.39 is 0 Å². The summed E-state index contributed by atoms with van der Waals surface area (Å²) in [5.74, 6) is 0. The lowest BCUT2D eigenvalue weighted by atomic mass is 10.2. The van der Waals surface area contributed by atoms with Crippen LogP contribution in [0.15, 0.2) is 24.5 Å².